The van der Waals surface area contributed by atoms with Crippen molar-refractivity contribution in [3.05, 3.63) is 23.8 Å². The third-order valence-corrected chi connectivity index (χ3v) is 7.50. The molecule has 3 heteroatoms. The summed E-state index contributed by atoms with van der Waals surface area (Å²) < 4.78 is 0. The number of aliphatic hydroxyl groups excluding tert-OH is 1. The van der Waals surface area contributed by atoms with Gasteiger partial charge in [-0.15, -0.1) is 0 Å². The Morgan fingerprint density at radius 3 is 2.74 bits per heavy atom. The van der Waals surface area contributed by atoms with Crippen LogP contribution in [0.1, 0.15) is 46.5 Å². The number of Topliss-reactive ketones (excluding diaryl/α,β-unsaturated/α-hetero) is 1. The molecule has 124 valence electrons. The van der Waals surface area contributed by atoms with Crippen LogP contribution in [0.15, 0.2) is 23.8 Å². The Labute approximate surface area is 137 Å². The summed E-state index contributed by atoms with van der Waals surface area (Å²) in [5.74, 6) is 1.41. The van der Waals surface area contributed by atoms with Crippen molar-refractivity contribution in [2.24, 2.45) is 34.5 Å². The quantitative estimate of drug-likeness (QED) is 0.747. The summed E-state index contributed by atoms with van der Waals surface area (Å²) in [4.78, 5) is 24.5. The minimum Gasteiger partial charge on any atom is -0.393 e. The summed E-state index contributed by atoms with van der Waals surface area (Å²) in [6, 6.07) is 0. The molecule has 3 nitrogen and oxygen atoms in total. The third-order valence-electron chi connectivity index (χ3n) is 7.50. The molecule has 4 aliphatic rings. The van der Waals surface area contributed by atoms with Crippen molar-refractivity contribution in [3.63, 3.8) is 0 Å². The minimum atomic E-state index is -0.470. The first-order valence-electron chi connectivity index (χ1n) is 8.94. The molecule has 0 aromatic heterocycles. The highest BCUT2D eigenvalue weighted by molar-refractivity contribution is 6.01. The SMILES string of the molecule is C[C@H]1C[C@H]2[C@@H]3CCC4=CC(=O)C=C[C@]4(C)[C@H]3[C@@H](O)C[C@]2(C)C1=O. The zero-order valence-corrected chi connectivity index (χ0v) is 14.2. The molecule has 0 heterocycles. The van der Waals surface area contributed by atoms with Crippen LogP contribution in [-0.2, 0) is 9.59 Å². The molecule has 1 N–H and O–H groups in total. The maximum atomic E-state index is 12.7. The Bertz CT molecular complexity index is 645. The minimum absolute atomic E-state index is 0.0655. The molecule has 7 atom stereocenters. The first kappa shape index (κ1) is 15.3. The summed E-state index contributed by atoms with van der Waals surface area (Å²) >= 11 is 0. The monoisotopic (exact) mass is 314 g/mol. The zero-order valence-electron chi connectivity index (χ0n) is 14.2. The summed E-state index contributed by atoms with van der Waals surface area (Å²) in [5, 5.41) is 11.0. The van der Waals surface area contributed by atoms with Crippen molar-refractivity contribution >= 4 is 11.6 Å². The van der Waals surface area contributed by atoms with E-state index in [0.29, 0.717) is 24.0 Å². The Morgan fingerprint density at radius 2 is 2.00 bits per heavy atom. The first-order chi connectivity index (χ1) is 10.8. The number of carbonyl (C=O) groups is 2. The molecule has 23 heavy (non-hydrogen) atoms. The van der Waals surface area contributed by atoms with E-state index in [-0.39, 0.29) is 28.4 Å². The maximum absolute atomic E-state index is 12.7. The van der Waals surface area contributed by atoms with E-state index >= 15 is 0 Å². The second-order valence-electron chi connectivity index (χ2n) is 8.71. The van der Waals surface area contributed by atoms with Gasteiger partial charge >= 0.3 is 0 Å². The highest BCUT2D eigenvalue weighted by atomic mass is 16.3. The van der Waals surface area contributed by atoms with E-state index < -0.39 is 6.10 Å². The second-order valence-corrected chi connectivity index (χ2v) is 8.71. The molecule has 0 aliphatic heterocycles. The van der Waals surface area contributed by atoms with Crippen molar-refractivity contribution in [2.75, 3.05) is 0 Å². The van der Waals surface area contributed by atoms with Crippen LogP contribution in [-0.4, -0.2) is 22.8 Å². The van der Waals surface area contributed by atoms with Crippen LogP contribution in [0.3, 0.4) is 0 Å². The molecule has 0 amide bonds. The van der Waals surface area contributed by atoms with Gasteiger partial charge in [0.25, 0.3) is 0 Å². The lowest BCUT2D eigenvalue weighted by Crippen LogP contribution is -2.56. The predicted molar refractivity (Wildman–Crippen MR) is 87.6 cm³/mol. The molecule has 3 fully saturated rings. The Morgan fingerprint density at radius 1 is 1.26 bits per heavy atom. The van der Waals surface area contributed by atoms with Crippen molar-refractivity contribution in [1.29, 1.82) is 0 Å². The van der Waals surface area contributed by atoms with Crippen molar-refractivity contribution in [1.82, 2.24) is 0 Å². The summed E-state index contributed by atoms with van der Waals surface area (Å²) in [7, 11) is 0. The van der Waals surface area contributed by atoms with Crippen LogP contribution >= 0.6 is 0 Å². The van der Waals surface area contributed by atoms with Gasteiger partial charge in [-0.1, -0.05) is 32.4 Å². The molecule has 0 spiro atoms. The van der Waals surface area contributed by atoms with Gasteiger partial charge in [0.05, 0.1) is 6.10 Å². The van der Waals surface area contributed by atoms with Gasteiger partial charge in [-0.05, 0) is 49.7 Å². The van der Waals surface area contributed by atoms with Crippen molar-refractivity contribution in [2.45, 2.75) is 52.6 Å². The zero-order chi connectivity index (χ0) is 16.6. The number of rotatable bonds is 0. The van der Waals surface area contributed by atoms with E-state index in [9.17, 15) is 14.7 Å². The lowest BCUT2D eigenvalue weighted by Gasteiger charge is -2.57. The normalized spacial score (nSPS) is 51.8. The van der Waals surface area contributed by atoms with E-state index in [1.165, 1.54) is 5.57 Å². The number of hydrogen-bond acceptors (Lipinski definition) is 3. The molecule has 4 aliphatic carbocycles. The molecule has 0 radical (unpaired) electrons. The Balaban J connectivity index is 1.77. The number of fused-ring (bicyclic) bond motifs is 5. The van der Waals surface area contributed by atoms with Gasteiger partial charge in [0.1, 0.15) is 5.78 Å². The highest BCUT2D eigenvalue weighted by Gasteiger charge is 2.62. The lowest BCUT2D eigenvalue weighted by atomic mass is 9.47. The van der Waals surface area contributed by atoms with Crippen LogP contribution in [0.5, 0.6) is 0 Å². The highest BCUT2D eigenvalue weighted by Crippen LogP contribution is 2.64. The largest absolute Gasteiger partial charge is 0.393 e. The van der Waals surface area contributed by atoms with Crippen LogP contribution in [0.2, 0.25) is 0 Å². The van der Waals surface area contributed by atoms with Gasteiger partial charge < -0.3 is 5.11 Å². The van der Waals surface area contributed by atoms with Crippen molar-refractivity contribution < 1.29 is 14.7 Å². The Kier molecular flexibility index (Phi) is 3.10. The molecule has 0 bridgehead atoms. The molecule has 4 rings (SSSR count). The van der Waals surface area contributed by atoms with Gasteiger partial charge in [0.15, 0.2) is 5.78 Å². The molecular formula is C20H26O3. The number of hydrogen-bond donors (Lipinski definition) is 1. The fraction of sp³-hybridized carbons (Fsp3) is 0.700. The molecule has 0 saturated heterocycles. The number of aliphatic hydroxyl groups is 1. The van der Waals surface area contributed by atoms with Gasteiger partial charge in [-0.2, -0.15) is 0 Å². The molecule has 3 saturated carbocycles. The number of allylic oxidation sites excluding steroid dienone is 4. The number of ketones is 2. The molecule has 0 aromatic carbocycles. The smallest absolute Gasteiger partial charge is 0.178 e. The van der Waals surface area contributed by atoms with E-state index in [0.717, 1.165) is 19.3 Å². The van der Waals surface area contributed by atoms with Gasteiger partial charge in [0, 0.05) is 22.7 Å². The standard InChI is InChI=1S/C20H26O3/c1-11-8-15-14-5-4-12-9-13(21)6-7-19(12,2)17(14)16(22)10-20(15,3)18(11)23/h6-7,9,11,14-17,22H,4-5,8,10H2,1-3H3/t11-,14-,15-,16-,17+,19-,20-/m0/s1. The topological polar surface area (TPSA) is 54.4 Å². The van der Waals surface area contributed by atoms with E-state index in [1.54, 1.807) is 12.2 Å². The number of carbonyl (C=O) groups excluding carboxylic acids is 2. The fourth-order valence-corrected chi connectivity index (χ4v) is 6.44. The van der Waals surface area contributed by atoms with Crippen LogP contribution < -0.4 is 0 Å². The van der Waals surface area contributed by atoms with E-state index in [2.05, 4.69) is 13.8 Å². The fourth-order valence-electron chi connectivity index (χ4n) is 6.44. The first-order valence-corrected chi connectivity index (χ1v) is 8.94. The van der Waals surface area contributed by atoms with Crippen molar-refractivity contribution in [3.8, 4) is 0 Å². The Hall–Kier alpha value is -1.22. The van der Waals surface area contributed by atoms with Crippen LogP contribution in [0.4, 0.5) is 0 Å². The predicted octanol–water partition coefficient (Wildman–Crippen LogP) is 3.08. The van der Waals surface area contributed by atoms with Gasteiger partial charge in [-0.3, -0.25) is 9.59 Å². The second kappa shape index (κ2) is 4.66. The average Bonchev–Trinajstić information content (AvgIpc) is 2.71. The molecular weight excluding hydrogens is 288 g/mol. The lowest BCUT2D eigenvalue weighted by molar-refractivity contribution is -0.143. The average molecular weight is 314 g/mol. The van der Waals surface area contributed by atoms with Gasteiger partial charge in [0.2, 0.25) is 0 Å². The molecule has 0 aromatic rings. The van der Waals surface area contributed by atoms with Gasteiger partial charge in [-0.25, -0.2) is 0 Å². The van der Waals surface area contributed by atoms with Crippen LogP contribution in [0.25, 0.3) is 0 Å². The summed E-state index contributed by atoms with van der Waals surface area (Å²) in [5.41, 5.74) is 0.587. The maximum Gasteiger partial charge on any atom is 0.178 e. The third kappa shape index (κ3) is 1.86. The molecule has 0 unspecified atom stereocenters. The van der Waals surface area contributed by atoms with E-state index in [4.69, 9.17) is 0 Å². The van der Waals surface area contributed by atoms with E-state index in [1.807, 2.05) is 13.0 Å². The van der Waals surface area contributed by atoms with Crippen LogP contribution in [0, 0.1) is 34.5 Å². The summed E-state index contributed by atoms with van der Waals surface area (Å²) in [6.45, 7) is 6.30. The summed E-state index contributed by atoms with van der Waals surface area (Å²) in [6.07, 6.45) is 8.43.